The van der Waals surface area contributed by atoms with Gasteiger partial charge < -0.3 is 31.5 Å². The van der Waals surface area contributed by atoms with Crippen LogP contribution in [0, 0.1) is 5.92 Å². The van der Waals surface area contributed by atoms with Gasteiger partial charge in [-0.2, -0.15) is 11.8 Å². The summed E-state index contributed by atoms with van der Waals surface area (Å²) in [6.45, 7) is 4.44. The van der Waals surface area contributed by atoms with Crippen molar-refractivity contribution in [3.63, 3.8) is 0 Å². The van der Waals surface area contributed by atoms with Gasteiger partial charge in [0, 0.05) is 6.42 Å². The fourth-order valence-corrected chi connectivity index (χ4v) is 3.93. The van der Waals surface area contributed by atoms with Crippen molar-refractivity contribution in [2.24, 2.45) is 5.92 Å². The van der Waals surface area contributed by atoms with Crippen LogP contribution in [0.4, 0.5) is 0 Å². The molecule has 0 spiro atoms. The monoisotopic (exact) mass is 488 g/mol. The van der Waals surface area contributed by atoms with E-state index in [2.05, 4.69) is 21.3 Å². The first-order chi connectivity index (χ1) is 15.5. The van der Waals surface area contributed by atoms with Gasteiger partial charge in [0.1, 0.15) is 18.1 Å². The summed E-state index contributed by atoms with van der Waals surface area (Å²) in [4.78, 5) is 60.5. The molecule has 0 radical (unpaired) electrons. The van der Waals surface area contributed by atoms with Crippen LogP contribution < -0.4 is 21.3 Å². The van der Waals surface area contributed by atoms with Crippen LogP contribution in [-0.4, -0.2) is 82.6 Å². The first-order valence-corrected chi connectivity index (χ1v) is 12.5. The molecule has 0 aromatic carbocycles. The van der Waals surface area contributed by atoms with Crippen LogP contribution in [0.2, 0.25) is 0 Å². The van der Waals surface area contributed by atoms with Crippen molar-refractivity contribution in [1.29, 1.82) is 0 Å². The molecule has 1 aliphatic rings. The lowest BCUT2D eigenvalue weighted by molar-refractivity contribution is -0.143. The molecule has 33 heavy (non-hydrogen) atoms. The van der Waals surface area contributed by atoms with Crippen molar-refractivity contribution in [2.45, 2.75) is 76.5 Å². The average Bonchev–Trinajstić information content (AvgIpc) is 3.27. The van der Waals surface area contributed by atoms with Crippen LogP contribution in [0.3, 0.4) is 0 Å². The maximum absolute atomic E-state index is 13.0. The first-order valence-electron chi connectivity index (χ1n) is 11.1. The van der Waals surface area contributed by atoms with Gasteiger partial charge in [0.05, 0.1) is 6.04 Å². The van der Waals surface area contributed by atoms with E-state index in [0.717, 1.165) is 13.0 Å². The Bertz CT molecular complexity index is 698. The second-order valence-corrected chi connectivity index (χ2v) is 9.50. The highest BCUT2D eigenvalue weighted by molar-refractivity contribution is 7.98. The molecule has 0 aromatic rings. The van der Waals surface area contributed by atoms with Crippen molar-refractivity contribution in [3.05, 3.63) is 0 Å². The predicted octanol–water partition coefficient (Wildman–Crippen LogP) is -0.0586. The molecule has 11 nitrogen and oxygen atoms in total. The number of rotatable bonds is 15. The summed E-state index contributed by atoms with van der Waals surface area (Å²) in [6, 6.07) is -3.60. The number of carbonyl (C=O) groups excluding carboxylic acids is 3. The number of hydrogen-bond acceptors (Lipinski definition) is 7. The Morgan fingerprint density at radius 2 is 1.61 bits per heavy atom. The Labute approximate surface area is 198 Å². The van der Waals surface area contributed by atoms with Gasteiger partial charge in [-0.15, -0.1) is 0 Å². The number of carboxylic acids is 2. The molecule has 1 aliphatic heterocycles. The summed E-state index contributed by atoms with van der Waals surface area (Å²) in [5.41, 5.74) is 0. The van der Waals surface area contributed by atoms with Crippen molar-refractivity contribution >= 4 is 41.4 Å². The SMILES string of the molecule is CSCCC(NC(=O)C1CCCN1)C(=O)NC(CC(C)C)C(=O)NC(CCC(=O)O)C(=O)O. The standard InChI is InChI=1S/C21H36N4O7S/c1-12(2)11-16(20(30)24-15(21(31)32)6-7-17(26)27)25-19(29)14(8-10-33-3)23-18(28)13-5-4-9-22-13/h12-16,22H,4-11H2,1-3H3,(H,23,28)(H,24,30)(H,25,29)(H,26,27)(H,31,32). The molecule has 4 atom stereocenters. The third-order valence-corrected chi connectivity index (χ3v) is 5.87. The van der Waals surface area contributed by atoms with E-state index in [9.17, 15) is 29.1 Å². The molecule has 0 bridgehead atoms. The minimum Gasteiger partial charge on any atom is -0.481 e. The molecule has 188 valence electrons. The molecule has 1 heterocycles. The zero-order valence-electron chi connectivity index (χ0n) is 19.4. The lowest BCUT2D eigenvalue weighted by Crippen LogP contribution is -2.57. The summed E-state index contributed by atoms with van der Waals surface area (Å²) in [5, 5.41) is 29.0. The van der Waals surface area contributed by atoms with Crippen molar-refractivity contribution in [2.75, 3.05) is 18.6 Å². The normalized spacial score (nSPS) is 18.2. The van der Waals surface area contributed by atoms with Gasteiger partial charge in [-0.25, -0.2) is 4.79 Å². The minimum absolute atomic E-state index is 0.00488. The maximum atomic E-state index is 13.0. The molecule has 3 amide bonds. The average molecular weight is 489 g/mol. The summed E-state index contributed by atoms with van der Waals surface area (Å²) in [7, 11) is 0. The quantitative estimate of drug-likeness (QED) is 0.184. The van der Waals surface area contributed by atoms with E-state index < -0.39 is 48.3 Å². The first kappa shape index (κ1) is 28.7. The van der Waals surface area contributed by atoms with Crippen LogP contribution in [0.25, 0.3) is 0 Å². The minimum atomic E-state index is -1.39. The molecular weight excluding hydrogens is 452 g/mol. The van der Waals surface area contributed by atoms with Crippen LogP contribution in [0.1, 0.15) is 52.4 Å². The smallest absolute Gasteiger partial charge is 0.326 e. The molecule has 1 fully saturated rings. The van der Waals surface area contributed by atoms with E-state index in [1.807, 2.05) is 20.1 Å². The van der Waals surface area contributed by atoms with E-state index in [4.69, 9.17) is 5.11 Å². The fraction of sp³-hybridized carbons (Fsp3) is 0.762. The second kappa shape index (κ2) is 14.7. The Morgan fingerprint density at radius 3 is 2.12 bits per heavy atom. The molecule has 6 N–H and O–H groups in total. The zero-order chi connectivity index (χ0) is 25.0. The highest BCUT2D eigenvalue weighted by atomic mass is 32.2. The highest BCUT2D eigenvalue weighted by Gasteiger charge is 2.31. The van der Waals surface area contributed by atoms with Crippen LogP contribution >= 0.6 is 11.8 Å². The molecule has 0 aliphatic carbocycles. The van der Waals surface area contributed by atoms with Gasteiger partial charge in [0.2, 0.25) is 17.7 Å². The number of hydrogen-bond donors (Lipinski definition) is 6. The lowest BCUT2D eigenvalue weighted by Gasteiger charge is -2.26. The number of aliphatic carboxylic acids is 2. The van der Waals surface area contributed by atoms with E-state index in [1.165, 1.54) is 11.8 Å². The predicted molar refractivity (Wildman–Crippen MR) is 124 cm³/mol. The van der Waals surface area contributed by atoms with Gasteiger partial charge in [0.25, 0.3) is 0 Å². The van der Waals surface area contributed by atoms with Crippen LogP contribution in [-0.2, 0) is 24.0 Å². The van der Waals surface area contributed by atoms with E-state index in [1.54, 1.807) is 0 Å². The Balaban J connectivity index is 2.88. The van der Waals surface area contributed by atoms with Crippen molar-refractivity contribution in [3.8, 4) is 0 Å². The summed E-state index contributed by atoms with van der Waals surface area (Å²) in [6.07, 6.45) is 3.37. The molecule has 1 saturated heterocycles. The van der Waals surface area contributed by atoms with Gasteiger partial charge >= 0.3 is 11.9 Å². The molecule has 0 saturated carbocycles. The van der Waals surface area contributed by atoms with E-state index in [-0.39, 0.29) is 30.7 Å². The highest BCUT2D eigenvalue weighted by Crippen LogP contribution is 2.10. The van der Waals surface area contributed by atoms with E-state index in [0.29, 0.717) is 18.6 Å². The van der Waals surface area contributed by atoms with Gasteiger partial charge in [0.15, 0.2) is 0 Å². The molecule has 0 aromatic heterocycles. The maximum Gasteiger partial charge on any atom is 0.326 e. The molecule has 4 unspecified atom stereocenters. The molecule has 12 heteroatoms. The van der Waals surface area contributed by atoms with Gasteiger partial charge in [-0.1, -0.05) is 13.8 Å². The second-order valence-electron chi connectivity index (χ2n) is 8.51. The Hall–Kier alpha value is -2.34. The third kappa shape index (κ3) is 10.9. The number of nitrogens with one attached hydrogen (secondary N) is 4. The number of amides is 3. The third-order valence-electron chi connectivity index (χ3n) is 5.22. The van der Waals surface area contributed by atoms with Crippen LogP contribution in [0.5, 0.6) is 0 Å². The fourth-order valence-electron chi connectivity index (χ4n) is 3.46. The number of carboxylic acid groups (broad SMARTS) is 2. The topological polar surface area (TPSA) is 174 Å². The summed E-state index contributed by atoms with van der Waals surface area (Å²) in [5.74, 6) is -3.40. The number of thioether (sulfide) groups is 1. The van der Waals surface area contributed by atoms with Gasteiger partial charge in [-0.05, 0) is 56.6 Å². The van der Waals surface area contributed by atoms with Crippen molar-refractivity contribution in [1.82, 2.24) is 21.3 Å². The molecule has 1 rings (SSSR count). The molecular formula is C21H36N4O7S. The summed E-state index contributed by atoms with van der Waals surface area (Å²) < 4.78 is 0. The Kier molecular flexibility index (Phi) is 12.8. The van der Waals surface area contributed by atoms with Crippen LogP contribution in [0.15, 0.2) is 0 Å². The zero-order valence-corrected chi connectivity index (χ0v) is 20.2. The van der Waals surface area contributed by atoms with Crippen molar-refractivity contribution < 1.29 is 34.2 Å². The number of carbonyl (C=O) groups is 5. The van der Waals surface area contributed by atoms with Gasteiger partial charge in [-0.3, -0.25) is 19.2 Å². The van der Waals surface area contributed by atoms with E-state index >= 15 is 0 Å². The largest absolute Gasteiger partial charge is 0.481 e. The lowest BCUT2D eigenvalue weighted by atomic mass is 10.0. The Morgan fingerprint density at radius 1 is 0.970 bits per heavy atom. The summed E-state index contributed by atoms with van der Waals surface area (Å²) >= 11 is 1.52.